The summed E-state index contributed by atoms with van der Waals surface area (Å²) in [4.78, 5) is 49.7. The lowest BCUT2D eigenvalue weighted by molar-refractivity contribution is -0.131. The smallest absolute Gasteiger partial charge is 0.243 e. The first-order valence-electron chi connectivity index (χ1n) is 12.9. The summed E-state index contributed by atoms with van der Waals surface area (Å²) >= 11 is 1.53. The predicted molar refractivity (Wildman–Crippen MR) is 153 cm³/mol. The van der Waals surface area contributed by atoms with Gasteiger partial charge in [0.1, 0.15) is 17.8 Å². The van der Waals surface area contributed by atoms with Gasteiger partial charge in [-0.05, 0) is 61.0 Å². The minimum Gasteiger partial charge on any atom is -0.508 e. The highest BCUT2D eigenvalue weighted by molar-refractivity contribution is 7.98. The van der Waals surface area contributed by atoms with Crippen molar-refractivity contribution in [3.05, 3.63) is 65.7 Å². The van der Waals surface area contributed by atoms with Gasteiger partial charge in [-0.1, -0.05) is 42.5 Å². The topological polar surface area (TPSA) is 177 Å². The van der Waals surface area contributed by atoms with Crippen LogP contribution in [0.1, 0.15) is 36.8 Å². The fraction of sp³-hybridized carbons (Fsp3) is 0.429. The molecule has 0 aromatic heterocycles. The highest BCUT2D eigenvalue weighted by Gasteiger charge is 2.26. The second kappa shape index (κ2) is 17.1. The first kappa shape index (κ1) is 31.6. The Morgan fingerprint density at radius 2 is 1.54 bits per heavy atom. The zero-order valence-corrected chi connectivity index (χ0v) is 23.0. The van der Waals surface area contributed by atoms with Gasteiger partial charge in [-0.3, -0.25) is 19.2 Å². The minimum atomic E-state index is -0.953. The van der Waals surface area contributed by atoms with E-state index in [2.05, 4.69) is 16.0 Å². The summed E-state index contributed by atoms with van der Waals surface area (Å²) < 4.78 is 0. The van der Waals surface area contributed by atoms with Crippen LogP contribution in [-0.4, -0.2) is 65.4 Å². The van der Waals surface area contributed by atoms with E-state index in [0.29, 0.717) is 31.4 Å². The molecule has 2 aromatic rings. The van der Waals surface area contributed by atoms with Gasteiger partial charge in [0.25, 0.3) is 0 Å². The SMILES string of the molecule is CSCC[C@H](NC(=O)[C@H](Cc1ccccc1)NC(=O)CNC(=O)CCCC(N)Cc1ccc(O)cc1)C(N)=O. The van der Waals surface area contributed by atoms with E-state index in [1.807, 2.05) is 48.7 Å². The second-order valence-corrected chi connectivity index (χ2v) is 10.3. The summed E-state index contributed by atoms with van der Waals surface area (Å²) in [6.45, 7) is -0.289. The molecule has 8 N–H and O–H groups in total. The van der Waals surface area contributed by atoms with Gasteiger partial charge in [0.15, 0.2) is 0 Å². The standard InChI is InChI=1S/C28H39N5O5S/c1-39-15-14-23(27(30)37)33-28(38)24(17-19-6-3-2-4-7-19)32-26(36)18-31-25(35)9-5-8-21(29)16-20-10-12-22(34)13-11-20/h2-4,6-7,10-13,21,23-24,34H,5,8-9,14-18,29H2,1H3,(H2,30,37)(H,31,35)(H,32,36)(H,33,38)/t21?,23-,24-/m0/s1. The largest absolute Gasteiger partial charge is 0.508 e. The van der Waals surface area contributed by atoms with Crippen molar-refractivity contribution in [2.45, 2.75) is 56.7 Å². The quantitative estimate of drug-likeness (QED) is 0.168. The summed E-state index contributed by atoms with van der Waals surface area (Å²) in [5.74, 6) is -1.15. The Morgan fingerprint density at radius 1 is 0.872 bits per heavy atom. The summed E-state index contributed by atoms with van der Waals surface area (Å²) in [7, 11) is 0. The third-order valence-corrected chi connectivity index (χ3v) is 6.71. The Balaban J connectivity index is 1.83. The van der Waals surface area contributed by atoms with Gasteiger partial charge in [-0.15, -0.1) is 0 Å². The fourth-order valence-electron chi connectivity index (χ4n) is 3.93. The molecule has 0 radical (unpaired) electrons. The van der Waals surface area contributed by atoms with Crippen LogP contribution in [0.4, 0.5) is 0 Å². The number of carbonyl (C=O) groups excluding carboxylic acids is 4. The number of primary amides is 1. The number of phenolic OH excluding ortho intramolecular Hbond substituents is 1. The molecule has 212 valence electrons. The lowest BCUT2D eigenvalue weighted by Crippen LogP contribution is -2.55. The van der Waals surface area contributed by atoms with E-state index in [1.165, 1.54) is 11.8 Å². The highest BCUT2D eigenvalue weighted by Crippen LogP contribution is 2.12. The van der Waals surface area contributed by atoms with Gasteiger partial charge in [0.2, 0.25) is 23.6 Å². The van der Waals surface area contributed by atoms with E-state index in [1.54, 1.807) is 12.1 Å². The molecule has 0 saturated heterocycles. The first-order chi connectivity index (χ1) is 18.7. The van der Waals surface area contributed by atoms with Gasteiger partial charge < -0.3 is 32.5 Å². The van der Waals surface area contributed by atoms with Crippen LogP contribution in [0.5, 0.6) is 5.75 Å². The molecule has 0 aliphatic heterocycles. The number of rotatable bonds is 17. The molecule has 0 saturated carbocycles. The Morgan fingerprint density at radius 3 is 2.18 bits per heavy atom. The highest BCUT2D eigenvalue weighted by atomic mass is 32.2. The minimum absolute atomic E-state index is 0.136. The molecule has 11 heteroatoms. The van der Waals surface area contributed by atoms with Crippen LogP contribution in [0.3, 0.4) is 0 Å². The number of benzene rings is 2. The van der Waals surface area contributed by atoms with Crippen molar-refractivity contribution in [1.82, 2.24) is 16.0 Å². The third-order valence-electron chi connectivity index (χ3n) is 6.06. The van der Waals surface area contributed by atoms with E-state index in [-0.39, 0.29) is 37.1 Å². The predicted octanol–water partition coefficient (Wildman–Crippen LogP) is 0.999. The summed E-state index contributed by atoms with van der Waals surface area (Å²) in [5, 5.41) is 17.3. The average Bonchev–Trinajstić information content (AvgIpc) is 2.91. The molecule has 2 rings (SSSR count). The molecule has 0 fully saturated rings. The maximum atomic E-state index is 13.0. The molecule has 0 aliphatic rings. The van der Waals surface area contributed by atoms with Crippen LogP contribution in [-0.2, 0) is 32.0 Å². The molecule has 39 heavy (non-hydrogen) atoms. The molecule has 0 spiro atoms. The number of nitrogens with two attached hydrogens (primary N) is 2. The maximum absolute atomic E-state index is 13.0. The van der Waals surface area contributed by atoms with E-state index >= 15 is 0 Å². The number of amides is 4. The van der Waals surface area contributed by atoms with Crippen molar-refractivity contribution >= 4 is 35.4 Å². The summed E-state index contributed by atoms with van der Waals surface area (Å²) in [5.41, 5.74) is 13.4. The van der Waals surface area contributed by atoms with Crippen LogP contribution >= 0.6 is 11.8 Å². The fourth-order valence-corrected chi connectivity index (χ4v) is 4.40. The Hall–Kier alpha value is -3.57. The van der Waals surface area contributed by atoms with E-state index in [0.717, 1.165) is 11.1 Å². The summed E-state index contributed by atoms with van der Waals surface area (Å²) in [6.07, 6.45) is 4.48. The zero-order chi connectivity index (χ0) is 28.6. The lowest BCUT2D eigenvalue weighted by atomic mass is 10.0. The van der Waals surface area contributed by atoms with Crippen LogP contribution < -0.4 is 27.4 Å². The van der Waals surface area contributed by atoms with Crippen molar-refractivity contribution in [1.29, 1.82) is 0 Å². The lowest BCUT2D eigenvalue weighted by Gasteiger charge is -2.22. The molecule has 0 heterocycles. The summed E-state index contributed by atoms with van der Waals surface area (Å²) in [6, 6.07) is 14.1. The van der Waals surface area contributed by atoms with Gasteiger partial charge in [0, 0.05) is 18.9 Å². The van der Waals surface area contributed by atoms with E-state index in [9.17, 15) is 24.3 Å². The number of hydrogen-bond acceptors (Lipinski definition) is 7. The van der Waals surface area contributed by atoms with Crippen molar-refractivity contribution in [3.63, 3.8) is 0 Å². The molecule has 3 atom stereocenters. The molecule has 10 nitrogen and oxygen atoms in total. The van der Waals surface area contributed by atoms with Crippen LogP contribution in [0, 0.1) is 0 Å². The number of nitrogens with one attached hydrogen (secondary N) is 3. The third kappa shape index (κ3) is 12.7. The number of hydrogen-bond donors (Lipinski definition) is 6. The molecular formula is C28H39N5O5S. The van der Waals surface area contributed by atoms with E-state index in [4.69, 9.17) is 11.5 Å². The van der Waals surface area contributed by atoms with Gasteiger partial charge in [0.05, 0.1) is 6.54 Å². The number of thioether (sulfide) groups is 1. The molecule has 0 bridgehead atoms. The Labute approximate surface area is 233 Å². The Kier molecular flexibility index (Phi) is 13.9. The normalized spacial score (nSPS) is 13.1. The van der Waals surface area contributed by atoms with Crippen molar-refractivity contribution in [2.75, 3.05) is 18.6 Å². The average molecular weight is 558 g/mol. The first-order valence-corrected chi connectivity index (χ1v) is 14.3. The van der Waals surface area contributed by atoms with Crippen molar-refractivity contribution < 1.29 is 24.3 Å². The monoisotopic (exact) mass is 557 g/mol. The van der Waals surface area contributed by atoms with Crippen molar-refractivity contribution in [2.24, 2.45) is 11.5 Å². The van der Waals surface area contributed by atoms with Crippen LogP contribution in [0.15, 0.2) is 54.6 Å². The Bertz CT molecular complexity index is 1070. The maximum Gasteiger partial charge on any atom is 0.243 e. The number of phenols is 1. The van der Waals surface area contributed by atoms with Gasteiger partial charge in [-0.2, -0.15) is 11.8 Å². The van der Waals surface area contributed by atoms with Gasteiger partial charge in [-0.25, -0.2) is 0 Å². The van der Waals surface area contributed by atoms with E-state index < -0.39 is 29.8 Å². The molecule has 0 aliphatic carbocycles. The van der Waals surface area contributed by atoms with Gasteiger partial charge >= 0.3 is 0 Å². The number of aromatic hydroxyl groups is 1. The molecular weight excluding hydrogens is 518 g/mol. The zero-order valence-electron chi connectivity index (χ0n) is 22.2. The number of carbonyl (C=O) groups is 4. The molecule has 2 aromatic carbocycles. The van der Waals surface area contributed by atoms with Crippen LogP contribution in [0.25, 0.3) is 0 Å². The molecule has 4 amide bonds. The molecule has 1 unspecified atom stereocenters. The van der Waals surface area contributed by atoms with Crippen molar-refractivity contribution in [3.8, 4) is 5.75 Å². The van der Waals surface area contributed by atoms with Crippen LogP contribution in [0.2, 0.25) is 0 Å². The second-order valence-electron chi connectivity index (χ2n) is 9.35.